The largest absolute Gasteiger partial charge is 0.0619 e. The monoisotopic (exact) mass is 738 g/mol. The lowest BCUT2D eigenvalue weighted by molar-refractivity contribution is 0.661. The van der Waals surface area contributed by atoms with Gasteiger partial charge in [-0.3, -0.25) is 0 Å². The highest BCUT2D eigenvalue weighted by Crippen LogP contribution is 2.54. The smallest absolute Gasteiger partial charge is 0.0159 e. The van der Waals surface area contributed by atoms with Gasteiger partial charge in [-0.15, -0.1) is 0 Å². The summed E-state index contributed by atoms with van der Waals surface area (Å²) in [5.74, 6) is 0. The average molecular weight is 739 g/mol. The van der Waals surface area contributed by atoms with Gasteiger partial charge in [0.05, 0.1) is 0 Å². The molecule has 0 aliphatic heterocycles. The fourth-order valence-corrected chi connectivity index (χ4v) is 11.0. The first-order valence-corrected chi connectivity index (χ1v) is 20.7. The van der Waals surface area contributed by atoms with Gasteiger partial charge < -0.3 is 0 Å². The van der Waals surface area contributed by atoms with E-state index in [1.165, 1.54) is 121 Å². The average Bonchev–Trinajstić information content (AvgIpc) is 3.62. The number of fused-ring (bicyclic) bond motifs is 10. The van der Waals surface area contributed by atoms with Crippen LogP contribution in [-0.2, 0) is 10.8 Å². The molecule has 0 heteroatoms. The van der Waals surface area contributed by atoms with Crippen LogP contribution in [0.15, 0.2) is 182 Å². The Morgan fingerprint density at radius 3 is 1.43 bits per heavy atom. The lowest BCUT2D eigenvalue weighted by atomic mass is 9.79. The molecule has 0 bridgehead atoms. The van der Waals surface area contributed by atoms with Crippen molar-refractivity contribution >= 4 is 43.1 Å². The zero-order valence-electron chi connectivity index (χ0n) is 33.3. The molecule has 0 unspecified atom stereocenters. The molecule has 0 saturated carbocycles. The summed E-state index contributed by atoms with van der Waals surface area (Å²) in [7, 11) is 0. The fourth-order valence-electron chi connectivity index (χ4n) is 11.0. The molecule has 2 aliphatic carbocycles. The molecule has 10 aromatic rings. The van der Waals surface area contributed by atoms with E-state index < -0.39 is 0 Å². The van der Waals surface area contributed by atoms with Gasteiger partial charge in [0.2, 0.25) is 0 Å². The van der Waals surface area contributed by atoms with E-state index in [2.05, 4.69) is 210 Å². The third-order valence-corrected chi connectivity index (χ3v) is 13.8. The van der Waals surface area contributed by atoms with Gasteiger partial charge in [0, 0.05) is 10.8 Å². The molecule has 0 radical (unpaired) electrons. The van der Waals surface area contributed by atoms with Crippen molar-refractivity contribution in [1.82, 2.24) is 0 Å². The molecule has 0 amide bonds. The second-order valence-electron chi connectivity index (χ2n) is 17.6. The summed E-state index contributed by atoms with van der Waals surface area (Å²) >= 11 is 0. The van der Waals surface area contributed by atoms with Crippen molar-refractivity contribution in [2.75, 3.05) is 0 Å². The zero-order chi connectivity index (χ0) is 38.9. The fraction of sp³-hybridized carbons (Fsp3) is 0.103. The number of benzene rings is 10. The standard InChI is InChI=1S/C58H42/c1-57(2)51-26-12-11-19-41(51)50-31-36-17-14-24-40(49(36)34-54(50)57)37-27-29-42-43-30-28-38(33-53(43)58(3,4)52(42)32-37)55-45-20-7-9-22-47(45)56(48-23-10-8-21-46(48)55)44-25-13-16-35-15-5-6-18-39(35)44/h5-34H,1-4H3. The Kier molecular flexibility index (Phi) is 6.84. The summed E-state index contributed by atoms with van der Waals surface area (Å²) in [6, 6.07) is 68.7. The van der Waals surface area contributed by atoms with E-state index in [9.17, 15) is 0 Å². The SMILES string of the molecule is CC1(C)c2cc(-c3cccc4cc5c(cc34)C(C)(C)c3ccccc3-5)ccc2-c2ccc(-c3c4ccccc4c(-c4cccc5ccccc45)c4ccccc34)cc21. The zero-order valence-corrected chi connectivity index (χ0v) is 33.3. The maximum Gasteiger partial charge on any atom is 0.0159 e. The second kappa shape index (κ2) is 11.9. The Bertz CT molecular complexity index is 3330. The first kappa shape index (κ1) is 33.4. The summed E-state index contributed by atoms with van der Waals surface area (Å²) < 4.78 is 0. The summed E-state index contributed by atoms with van der Waals surface area (Å²) in [6.45, 7) is 9.59. The number of hydrogen-bond acceptors (Lipinski definition) is 0. The van der Waals surface area contributed by atoms with Gasteiger partial charge in [0.25, 0.3) is 0 Å². The third kappa shape index (κ3) is 4.52. The van der Waals surface area contributed by atoms with E-state index in [4.69, 9.17) is 0 Å². The Balaban J connectivity index is 1.01. The van der Waals surface area contributed by atoms with Gasteiger partial charge in [0.15, 0.2) is 0 Å². The summed E-state index contributed by atoms with van der Waals surface area (Å²) in [5.41, 5.74) is 18.5. The Morgan fingerprint density at radius 2 is 0.724 bits per heavy atom. The van der Waals surface area contributed by atoms with Crippen LogP contribution in [0.5, 0.6) is 0 Å². The molecular weight excluding hydrogens is 697 g/mol. The van der Waals surface area contributed by atoms with Crippen LogP contribution in [0, 0.1) is 0 Å². The van der Waals surface area contributed by atoms with Crippen molar-refractivity contribution in [2.24, 2.45) is 0 Å². The molecule has 0 atom stereocenters. The minimum absolute atomic E-state index is 0.0423. The van der Waals surface area contributed by atoms with E-state index in [0.29, 0.717) is 0 Å². The van der Waals surface area contributed by atoms with Crippen molar-refractivity contribution in [1.29, 1.82) is 0 Å². The van der Waals surface area contributed by atoms with Crippen LogP contribution in [-0.4, -0.2) is 0 Å². The Morgan fingerprint density at radius 1 is 0.259 bits per heavy atom. The third-order valence-electron chi connectivity index (χ3n) is 13.8. The molecule has 0 spiro atoms. The van der Waals surface area contributed by atoms with Gasteiger partial charge in [-0.25, -0.2) is 0 Å². The normalized spacial score (nSPS) is 14.5. The van der Waals surface area contributed by atoms with E-state index in [0.717, 1.165) is 0 Å². The minimum atomic E-state index is -0.180. The Hall–Kier alpha value is -6.76. The molecule has 0 N–H and O–H groups in total. The summed E-state index contributed by atoms with van der Waals surface area (Å²) in [6.07, 6.45) is 0. The molecule has 0 nitrogen and oxygen atoms in total. The predicted octanol–water partition coefficient (Wildman–Crippen LogP) is 15.9. The van der Waals surface area contributed by atoms with E-state index >= 15 is 0 Å². The van der Waals surface area contributed by atoms with Crippen molar-refractivity contribution in [3.8, 4) is 55.6 Å². The van der Waals surface area contributed by atoms with Gasteiger partial charge in [-0.1, -0.05) is 185 Å². The highest BCUT2D eigenvalue weighted by atomic mass is 14.4. The van der Waals surface area contributed by atoms with Crippen LogP contribution in [0.25, 0.3) is 98.7 Å². The van der Waals surface area contributed by atoms with E-state index in [1.54, 1.807) is 0 Å². The maximum absolute atomic E-state index is 2.50. The van der Waals surface area contributed by atoms with Crippen LogP contribution in [0.1, 0.15) is 49.9 Å². The quantitative estimate of drug-likeness (QED) is 0.158. The highest BCUT2D eigenvalue weighted by Gasteiger charge is 2.37. The van der Waals surface area contributed by atoms with Crippen molar-refractivity contribution in [2.45, 2.75) is 38.5 Å². The van der Waals surface area contributed by atoms with Crippen LogP contribution < -0.4 is 0 Å². The minimum Gasteiger partial charge on any atom is -0.0619 e. The maximum atomic E-state index is 2.50. The molecule has 0 aromatic heterocycles. The van der Waals surface area contributed by atoms with Crippen LogP contribution in [0.2, 0.25) is 0 Å². The lowest BCUT2D eigenvalue weighted by Crippen LogP contribution is -2.15. The lowest BCUT2D eigenvalue weighted by Gasteiger charge is -2.24. The van der Waals surface area contributed by atoms with Crippen LogP contribution in [0.3, 0.4) is 0 Å². The number of hydrogen-bond donors (Lipinski definition) is 0. The summed E-state index contributed by atoms with van der Waals surface area (Å²) in [5, 5.41) is 10.3. The van der Waals surface area contributed by atoms with E-state index in [1.807, 2.05) is 0 Å². The predicted molar refractivity (Wildman–Crippen MR) is 248 cm³/mol. The number of rotatable bonds is 3. The molecule has 0 heterocycles. The molecule has 0 fully saturated rings. The van der Waals surface area contributed by atoms with Crippen LogP contribution in [0.4, 0.5) is 0 Å². The molecule has 58 heavy (non-hydrogen) atoms. The first-order chi connectivity index (χ1) is 28.3. The molecule has 2 aliphatic rings. The van der Waals surface area contributed by atoms with Crippen molar-refractivity contribution < 1.29 is 0 Å². The molecule has 274 valence electrons. The highest BCUT2D eigenvalue weighted by molar-refractivity contribution is 6.23. The van der Waals surface area contributed by atoms with Crippen molar-refractivity contribution in [3.63, 3.8) is 0 Å². The second-order valence-corrected chi connectivity index (χ2v) is 17.6. The Labute approximate surface area is 340 Å². The van der Waals surface area contributed by atoms with E-state index in [-0.39, 0.29) is 10.8 Å². The molecule has 0 saturated heterocycles. The first-order valence-electron chi connectivity index (χ1n) is 20.7. The molecule has 10 aromatic carbocycles. The summed E-state index contributed by atoms with van der Waals surface area (Å²) in [4.78, 5) is 0. The van der Waals surface area contributed by atoms with Gasteiger partial charge in [0.1, 0.15) is 0 Å². The molecule has 12 rings (SSSR count). The van der Waals surface area contributed by atoms with Gasteiger partial charge in [-0.2, -0.15) is 0 Å². The van der Waals surface area contributed by atoms with Crippen LogP contribution >= 0.6 is 0 Å². The van der Waals surface area contributed by atoms with Gasteiger partial charge >= 0.3 is 0 Å². The molecular formula is C58H42. The van der Waals surface area contributed by atoms with Crippen molar-refractivity contribution in [3.05, 3.63) is 204 Å². The van der Waals surface area contributed by atoms with Gasteiger partial charge in [-0.05, 0) is 145 Å². The topological polar surface area (TPSA) is 0 Å².